The molecule has 1 aromatic rings. The Balaban J connectivity index is 1.88. The van der Waals surface area contributed by atoms with Crippen LogP contribution in [0.4, 0.5) is 13.2 Å². The van der Waals surface area contributed by atoms with Crippen LogP contribution < -0.4 is 5.32 Å². The standard InChI is InChI=1S/C16H21F3N2/c1-2-4-21-15(12-7-10-6-11(10)8-12)13-9-20-5-3-14(13)16(17,18)19/h3,5,9-12,15,21H,2,4,6-8H2,1H3. The Morgan fingerprint density at radius 3 is 2.62 bits per heavy atom. The fraction of sp³-hybridized carbons (Fsp3) is 0.688. The first kappa shape index (κ1) is 14.8. The van der Waals surface area contributed by atoms with Crippen molar-refractivity contribution in [3.8, 4) is 0 Å². The highest BCUT2D eigenvalue weighted by Gasteiger charge is 2.49. The summed E-state index contributed by atoms with van der Waals surface area (Å²) < 4.78 is 39.7. The molecule has 1 aromatic heterocycles. The first-order chi connectivity index (χ1) is 10.0. The summed E-state index contributed by atoms with van der Waals surface area (Å²) in [6, 6.07) is 0.883. The summed E-state index contributed by atoms with van der Waals surface area (Å²) in [6.45, 7) is 2.77. The van der Waals surface area contributed by atoms with E-state index in [1.54, 1.807) is 0 Å². The minimum absolute atomic E-state index is 0.219. The van der Waals surface area contributed by atoms with Gasteiger partial charge in [0, 0.05) is 18.4 Å². The van der Waals surface area contributed by atoms with Crippen LogP contribution in [0, 0.1) is 17.8 Å². The van der Waals surface area contributed by atoms with Crippen molar-refractivity contribution < 1.29 is 13.2 Å². The van der Waals surface area contributed by atoms with Crippen LogP contribution in [-0.2, 0) is 6.18 Å². The van der Waals surface area contributed by atoms with Crippen LogP contribution in [-0.4, -0.2) is 11.5 Å². The molecule has 0 aromatic carbocycles. The summed E-state index contributed by atoms with van der Waals surface area (Å²) in [7, 11) is 0. The zero-order valence-electron chi connectivity index (χ0n) is 12.2. The summed E-state index contributed by atoms with van der Waals surface area (Å²) in [5, 5.41) is 3.34. The quantitative estimate of drug-likeness (QED) is 0.881. The first-order valence-electron chi connectivity index (χ1n) is 7.75. The molecule has 2 aliphatic rings. The summed E-state index contributed by atoms with van der Waals surface area (Å²) in [5.41, 5.74) is -0.212. The molecule has 2 aliphatic carbocycles. The van der Waals surface area contributed by atoms with Crippen molar-refractivity contribution >= 4 is 0 Å². The van der Waals surface area contributed by atoms with E-state index in [1.165, 1.54) is 18.8 Å². The molecule has 21 heavy (non-hydrogen) atoms. The van der Waals surface area contributed by atoms with Gasteiger partial charge in [0.1, 0.15) is 0 Å². The smallest absolute Gasteiger partial charge is 0.310 e. The van der Waals surface area contributed by atoms with Gasteiger partial charge in [-0.3, -0.25) is 4.98 Å². The zero-order valence-corrected chi connectivity index (χ0v) is 12.2. The maximum absolute atomic E-state index is 13.2. The van der Waals surface area contributed by atoms with Gasteiger partial charge in [-0.15, -0.1) is 0 Å². The lowest BCUT2D eigenvalue weighted by molar-refractivity contribution is -0.138. The number of aromatic nitrogens is 1. The number of alkyl halides is 3. The van der Waals surface area contributed by atoms with Gasteiger partial charge in [0.05, 0.1) is 5.56 Å². The molecule has 2 saturated carbocycles. The molecule has 0 radical (unpaired) electrons. The maximum Gasteiger partial charge on any atom is 0.416 e. The van der Waals surface area contributed by atoms with Gasteiger partial charge in [-0.25, -0.2) is 0 Å². The van der Waals surface area contributed by atoms with Crippen molar-refractivity contribution in [3.63, 3.8) is 0 Å². The Kier molecular flexibility index (Phi) is 3.95. The molecule has 0 bridgehead atoms. The fourth-order valence-corrected chi connectivity index (χ4v) is 3.78. The Bertz CT molecular complexity index is 491. The molecular weight excluding hydrogens is 277 g/mol. The second-order valence-corrected chi connectivity index (χ2v) is 6.38. The van der Waals surface area contributed by atoms with Gasteiger partial charge in [-0.1, -0.05) is 6.92 Å². The van der Waals surface area contributed by atoms with Gasteiger partial charge < -0.3 is 5.32 Å². The highest BCUT2D eigenvalue weighted by Crippen LogP contribution is 2.57. The molecule has 3 atom stereocenters. The average molecular weight is 298 g/mol. The van der Waals surface area contributed by atoms with Crippen LogP contribution in [0.2, 0.25) is 0 Å². The highest BCUT2D eigenvalue weighted by atomic mass is 19.4. The number of halogens is 3. The van der Waals surface area contributed by atoms with Gasteiger partial charge in [0.25, 0.3) is 0 Å². The molecule has 1 heterocycles. The number of hydrogen-bond acceptors (Lipinski definition) is 2. The third-order valence-corrected chi connectivity index (χ3v) is 4.86. The molecule has 2 nitrogen and oxygen atoms in total. The van der Waals surface area contributed by atoms with Crippen molar-refractivity contribution in [1.29, 1.82) is 0 Å². The third-order valence-electron chi connectivity index (χ3n) is 4.86. The van der Waals surface area contributed by atoms with Crippen LogP contribution in [0.25, 0.3) is 0 Å². The monoisotopic (exact) mass is 298 g/mol. The number of rotatable bonds is 5. The van der Waals surface area contributed by atoms with Crippen molar-refractivity contribution in [3.05, 3.63) is 29.6 Å². The van der Waals surface area contributed by atoms with Gasteiger partial charge in [-0.05, 0) is 61.6 Å². The van der Waals surface area contributed by atoms with E-state index in [0.717, 1.165) is 43.7 Å². The van der Waals surface area contributed by atoms with E-state index in [0.29, 0.717) is 11.5 Å². The topological polar surface area (TPSA) is 24.9 Å². The van der Waals surface area contributed by atoms with Crippen LogP contribution in [0.3, 0.4) is 0 Å². The Hall–Kier alpha value is -1.10. The molecule has 2 fully saturated rings. The predicted octanol–water partition coefficient (Wildman–Crippen LogP) is 4.19. The van der Waals surface area contributed by atoms with Gasteiger partial charge in [0.2, 0.25) is 0 Å². The van der Waals surface area contributed by atoms with Crippen molar-refractivity contribution in [1.82, 2.24) is 10.3 Å². The molecule has 0 saturated heterocycles. The van der Waals surface area contributed by atoms with E-state index in [4.69, 9.17) is 0 Å². The Labute approximate surface area is 123 Å². The molecule has 1 N–H and O–H groups in total. The van der Waals surface area contributed by atoms with E-state index >= 15 is 0 Å². The average Bonchev–Trinajstić information content (AvgIpc) is 3.05. The lowest BCUT2D eigenvalue weighted by Gasteiger charge is -2.28. The molecule has 5 heteroatoms. The van der Waals surface area contributed by atoms with E-state index in [9.17, 15) is 13.2 Å². The lowest BCUT2D eigenvalue weighted by Crippen LogP contribution is -2.30. The summed E-state index contributed by atoms with van der Waals surface area (Å²) in [5.74, 6) is 1.82. The number of hydrogen-bond donors (Lipinski definition) is 1. The predicted molar refractivity (Wildman–Crippen MR) is 74.6 cm³/mol. The molecular formula is C16H21F3N2. The van der Waals surface area contributed by atoms with Gasteiger partial charge >= 0.3 is 6.18 Å². The number of nitrogens with one attached hydrogen (secondary N) is 1. The van der Waals surface area contributed by atoms with Crippen molar-refractivity contribution in [2.75, 3.05) is 6.54 Å². The summed E-state index contributed by atoms with van der Waals surface area (Å²) in [4.78, 5) is 3.95. The maximum atomic E-state index is 13.2. The summed E-state index contributed by atoms with van der Waals surface area (Å²) >= 11 is 0. The van der Waals surface area contributed by atoms with Crippen molar-refractivity contribution in [2.45, 2.75) is 44.8 Å². The van der Waals surface area contributed by atoms with E-state index in [1.807, 2.05) is 6.92 Å². The molecule has 116 valence electrons. The van der Waals surface area contributed by atoms with Crippen molar-refractivity contribution in [2.24, 2.45) is 17.8 Å². The molecule has 0 aliphatic heterocycles. The van der Waals surface area contributed by atoms with E-state index in [-0.39, 0.29) is 6.04 Å². The largest absolute Gasteiger partial charge is 0.416 e. The van der Waals surface area contributed by atoms with Gasteiger partial charge in [-0.2, -0.15) is 13.2 Å². The number of pyridine rings is 1. The normalized spacial score (nSPS) is 29.2. The molecule has 0 spiro atoms. The molecule has 0 amide bonds. The lowest BCUT2D eigenvalue weighted by atomic mass is 9.87. The Morgan fingerprint density at radius 1 is 1.29 bits per heavy atom. The van der Waals surface area contributed by atoms with E-state index in [2.05, 4.69) is 10.3 Å². The highest BCUT2D eigenvalue weighted by molar-refractivity contribution is 5.30. The SMILES string of the molecule is CCCNC(c1cnccc1C(F)(F)F)C1CC2CC2C1. The second kappa shape index (κ2) is 5.59. The van der Waals surface area contributed by atoms with Crippen LogP contribution in [0.5, 0.6) is 0 Å². The first-order valence-corrected chi connectivity index (χ1v) is 7.75. The van der Waals surface area contributed by atoms with Crippen LogP contribution in [0.1, 0.15) is 49.8 Å². The van der Waals surface area contributed by atoms with Crippen LogP contribution >= 0.6 is 0 Å². The minimum Gasteiger partial charge on any atom is -0.310 e. The Morgan fingerprint density at radius 2 is 2.00 bits per heavy atom. The molecule has 3 unspecified atom stereocenters. The fourth-order valence-electron chi connectivity index (χ4n) is 3.78. The van der Waals surface area contributed by atoms with Gasteiger partial charge in [0.15, 0.2) is 0 Å². The zero-order chi connectivity index (χ0) is 15.0. The molecule has 3 rings (SSSR count). The second-order valence-electron chi connectivity index (χ2n) is 6.38. The van der Waals surface area contributed by atoms with E-state index < -0.39 is 11.7 Å². The third kappa shape index (κ3) is 3.07. The summed E-state index contributed by atoms with van der Waals surface area (Å²) in [6.07, 6.45) is 2.62. The number of fused-ring (bicyclic) bond motifs is 1. The minimum atomic E-state index is -4.31. The number of nitrogens with zero attached hydrogens (tertiary/aromatic N) is 1. The van der Waals surface area contributed by atoms with Crippen LogP contribution in [0.15, 0.2) is 18.5 Å².